The van der Waals surface area contributed by atoms with E-state index in [-0.39, 0.29) is 5.75 Å². The van der Waals surface area contributed by atoms with Crippen LogP contribution in [0.1, 0.15) is 32.6 Å². The number of hydrogen-bond acceptors (Lipinski definition) is 3. The largest absolute Gasteiger partial charge is 0.463 e. The van der Waals surface area contributed by atoms with Crippen LogP contribution in [0.15, 0.2) is 0 Å². The molecule has 0 aromatic rings. The summed E-state index contributed by atoms with van der Waals surface area (Å²) in [4.78, 5) is 9.96. The highest BCUT2D eigenvalue weighted by Gasteiger charge is 2.15. The Labute approximate surface area is 78.2 Å². The minimum Gasteiger partial charge on any atom is -0.463 e. The molecule has 6 heteroatoms. The third-order valence-corrected chi connectivity index (χ3v) is 2.71. The maximum absolute atomic E-state index is 10.9. The van der Waals surface area contributed by atoms with Crippen LogP contribution in [0.4, 0.5) is 4.79 Å². The van der Waals surface area contributed by atoms with Crippen LogP contribution in [0.25, 0.3) is 0 Å². The summed E-state index contributed by atoms with van der Waals surface area (Å²) in [5.74, 6) is -0.167. The summed E-state index contributed by atoms with van der Waals surface area (Å²) in [5.41, 5.74) is 0. The SMILES string of the molecule is CCCCCCS(=O)(=O)[N]C(=O)O. The normalized spacial score (nSPS) is 11.2. The Morgan fingerprint density at radius 3 is 2.38 bits per heavy atom. The van der Waals surface area contributed by atoms with Gasteiger partial charge in [-0.3, -0.25) is 0 Å². The molecule has 77 valence electrons. The molecule has 1 N–H and O–H groups in total. The van der Waals surface area contributed by atoms with Crippen molar-refractivity contribution in [2.45, 2.75) is 32.6 Å². The van der Waals surface area contributed by atoms with E-state index >= 15 is 0 Å². The first-order valence-corrected chi connectivity index (χ1v) is 5.77. The monoisotopic (exact) mass is 208 g/mol. The van der Waals surface area contributed by atoms with Gasteiger partial charge >= 0.3 is 6.09 Å². The Balaban J connectivity index is 3.71. The number of sulfonamides is 1. The highest BCUT2D eigenvalue weighted by atomic mass is 32.2. The molecule has 0 aliphatic heterocycles. The second-order valence-electron chi connectivity index (χ2n) is 2.72. The van der Waals surface area contributed by atoms with Gasteiger partial charge in [-0.1, -0.05) is 30.9 Å². The van der Waals surface area contributed by atoms with E-state index in [1.165, 1.54) is 0 Å². The van der Waals surface area contributed by atoms with Crippen molar-refractivity contribution in [2.24, 2.45) is 0 Å². The van der Waals surface area contributed by atoms with E-state index in [4.69, 9.17) is 5.11 Å². The second kappa shape index (κ2) is 5.80. The van der Waals surface area contributed by atoms with Gasteiger partial charge in [0.2, 0.25) is 0 Å². The van der Waals surface area contributed by atoms with E-state index in [0.29, 0.717) is 6.42 Å². The van der Waals surface area contributed by atoms with Crippen LogP contribution < -0.4 is 4.72 Å². The Hall–Kier alpha value is -0.780. The summed E-state index contributed by atoms with van der Waals surface area (Å²) in [6.45, 7) is 2.01. The van der Waals surface area contributed by atoms with E-state index in [1.807, 2.05) is 6.92 Å². The summed E-state index contributed by atoms with van der Waals surface area (Å²) in [6, 6.07) is 0. The minimum absolute atomic E-state index is 0.167. The first-order valence-electron chi connectivity index (χ1n) is 4.16. The molecule has 0 rings (SSSR count). The molecule has 0 unspecified atom stereocenters. The van der Waals surface area contributed by atoms with Crippen molar-refractivity contribution >= 4 is 16.1 Å². The molecule has 0 atom stereocenters. The maximum Gasteiger partial charge on any atom is 0.442 e. The van der Waals surface area contributed by atoms with Crippen LogP contribution in [0.5, 0.6) is 0 Å². The lowest BCUT2D eigenvalue weighted by Crippen LogP contribution is -2.24. The molecule has 1 radical (unpaired) electrons. The molecule has 0 bridgehead atoms. The van der Waals surface area contributed by atoms with Crippen molar-refractivity contribution in [1.29, 1.82) is 0 Å². The third-order valence-electron chi connectivity index (χ3n) is 1.47. The number of carboxylic acid groups (broad SMARTS) is 1. The van der Waals surface area contributed by atoms with Crippen molar-refractivity contribution in [3.8, 4) is 0 Å². The Morgan fingerprint density at radius 1 is 1.31 bits per heavy atom. The fourth-order valence-electron chi connectivity index (χ4n) is 0.876. The van der Waals surface area contributed by atoms with Crippen LogP contribution in [0.2, 0.25) is 0 Å². The quantitative estimate of drug-likeness (QED) is 0.664. The topological polar surface area (TPSA) is 85.5 Å². The van der Waals surface area contributed by atoms with Gasteiger partial charge in [0.1, 0.15) is 0 Å². The molecule has 0 saturated heterocycles. The average molecular weight is 208 g/mol. The molecule has 5 nitrogen and oxygen atoms in total. The van der Waals surface area contributed by atoms with Gasteiger partial charge in [-0.2, -0.15) is 0 Å². The van der Waals surface area contributed by atoms with Gasteiger partial charge in [-0.25, -0.2) is 13.2 Å². The van der Waals surface area contributed by atoms with Gasteiger partial charge in [0.15, 0.2) is 0 Å². The van der Waals surface area contributed by atoms with E-state index < -0.39 is 16.1 Å². The van der Waals surface area contributed by atoms with Gasteiger partial charge in [-0.15, -0.1) is 0 Å². The summed E-state index contributed by atoms with van der Waals surface area (Å²) in [7, 11) is -3.74. The molecule has 0 aromatic heterocycles. The van der Waals surface area contributed by atoms with Crippen molar-refractivity contribution in [2.75, 3.05) is 5.75 Å². The van der Waals surface area contributed by atoms with Gasteiger partial charge in [0.25, 0.3) is 10.0 Å². The molecule has 13 heavy (non-hydrogen) atoms. The van der Waals surface area contributed by atoms with Crippen molar-refractivity contribution < 1.29 is 18.3 Å². The van der Waals surface area contributed by atoms with Crippen molar-refractivity contribution in [3.05, 3.63) is 0 Å². The zero-order chi connectivity index (χ0) is 10.3. The van der Waals surface area contributed by atoms with Crippen LogP contribution in [0, 0.1) is 0 Å². The Kier molecular flexibility index (Phi) is 5.45. The molecule has 0 aliphatic carbocycles. The molecule has 0 fully saturated rings. The van der Waals surface area contributed by atoms with E-state index in [1.54, 1.807) is 0 Å². The molecule has 1 amide bonds. The van der Waals surface area contributed by atoms with Crippen molar-refractivity contribution in [1.82, 2.24) is 4.72 Å². The Bertz CT molecular complexity index is 247. The lowest BCUT2D eigenvalue weighted by Gasteiger charge is -1.99. The highest BCUT2D eigenvalue weighted by Crippen LogP contribution is 2.01. The minimum atomic E-state index is -3.74. The third kappa shape index (κ3) is 7.58. The van der Waals surface area contributed by atoms with E-state index in [0.717, 1.165) is 19.3 Å². The molecular weight excluding hydrogens is 194 g/mol. The van der Waals surface area contributed by atoms with Crippen LogP contribution in [0.3, 0.4) is 0 Å². The van der Waals surface area contributed by atoms with Gasteiger partial charge in [0, 0.05) is 0 Å². The number of rotatable bonds is 6. The number of unbranched alkanes of at least 4 members (excludes halogenated alkanes) is 3. The van der Waals surface area contributed by atoms with Crippen LogP contribution in [-0.4, -0.2) is 25.4 Å². The molecule has 0 heterocycles. The first-order chi connectivity index (χ1) is 5.98. The smallest absolute Gasteiger partial charge is 0.442 e. The number of hydrogen-bond donors (Lipinski definition) is 1. The molecular formula is C7H14NO4S. The van der Waals surface area contributed by atoms with Gasteiger partial charge in [0.05, 0.1) is 5.75 Å². The lowest BCUT2D eigenvalue weighted by molar-refractivity contribution is 0.200. The standard InChI is InChI=1S/C7H14NO4S/c1-2-3-4-5-6-13(11,12)8-7(9)10/h2-6H2,1H3,(H,9,10). The number of amides is 1. The van der Waals surface area contributed by atoms with Gasteiger partial charge in [-0.05, 0) is 6.42 Å². The average Bonchev–Trinajstić information content (AvgIpc) is 1.95. The fraction of sp³-hybridized carbons (Fsp3) is 0.857. The molecule has 0 saturated carbocycles. The highest BCUT2D eigenvalue weighted by molar-refractivity contribution is 7.89. The molecule has 0 spiro atoms. The number of nitrogens with zero attached hydrogens (tertiary/aromatic N) is 1. The number of carbonyl (C=O) groups is 1. The van der Waals surface area contributed by atoms with E-state index in [2.05, 4.69) is 4.72 Å². The van der Waals surface area contributed by atoms with Gasteiger partial charge < -0.3 is 5.11 Å². The lowest BCUT2D eigenvalue weighted by atomic mass is 10.2. The predicted molar refractivity (Wildman–Crippen MR) is 48.1 cm³/mol. The van der Waals surface area contributed by atoms with Crippen LogP contribution in [-0.2, 0) is 10.0 Å². The zero-order valence-electron chi connectivity index (χ0n) is 7.56. The molecule has 0 aliphatic rings. The summed E-state index contributed by atoms with van der Waals surface area (Å²) in [5, 5.41) is 8.11. The van der Waals surface area contributed by atoms with Crippen LogP contribution >= 0.6 is 0 Å². The zero-order valence-corrected chi connectivity index (χ0v) is 8.38. The Morgan fingerprint density at radius 2 is 1.92 bits per heavy atom. The predicted octanol–water partition coefficient (Wildman–Crippen LogP) is 1.18. The summed E-state index contributed by atoms with van der Waals surface area (Å²) in [6.07, 6.45) is 1.60. The summed E-state index contributed by atoms with van der Waals surface area (Å²) < 4.78 is 24.3. The first kappa shape index (κ1) is 12.2. The van der Waals surface area contributed by atoms with E-state index in [9.17, 15) is 13.2 Å². The summed E-state index contributed by atoms with van der Waals surface area (Å²) >= 11 is 0. The maximum atomic E-state index is 10.9. The fourth-order valence-corrected chi connectivity index (χ4v) is 1.77. The second-order valence-corrected chi connectivity index (χ2v) is 4.48. The van der Waals surface area contributed by atoms with Crippen molar-refractivity contribution in [3.63, 3.8) is 0 Å². The molecule has 0 aromatic carbocycles.